The van der Waals surface area contributed by atoms with Crippen LogP contribution in [0, 0.1) is 0 Å². The molecule has 0 spiro atoms. The van der Waals surface area contributed by atoms with Gasteiger partial charge in [-0.15, -0.1) is 0 Å². The molecule has 0 aliphatic heterocycles. The number of nitrogens with one attached hydrogen (secondary N) is 1. The second-order valence-corrected chi connectivity index (χ2v) is 6.23. The summed E-state index contributed by atoms with van der Waals surface area (Å²) in [6.45, 7) is 0. The Balaban J connectivity index is 2.87. The van der Waals surface area contributed by atoms with E-state index in [-0.39, 0.29) is 4.90 Å². The summed E-state index contributed by atoms with van der Waals surface area (Å²) >= 11 is 3.27. The zero-order valence-corrected chi connectivity index (χ0v) is 9.95. The van der Waals surface area contributed by atoms with E-state index < -0.39 is 9.05 Å². The minimum Gasteiger partial charge on any atom is -0.360 e. The average Bonchev–Trinajstić information content (AvgIpc) is 2.45. The summed E-state index contributed by atoms with van der Waals surface area (Å²) in [7, 11) is 1.59. The Morgan fingerprint density at radius 2 is 2.07 bits per heavy atom. The molecule has 0 amide bonds. The molecular weight excluding hydrogens is 290 g/mol. The molecule has 1 N–H and O–H groups in total. The number of hydrogen-bond acceptors (Lipinski definition) is 2. The van der Waals surface area contributed by atoms with Crippen LogP contribution in [0.3, 0.4) is 0 Å². The van der Waals surface area contributed by atoms with Crippen LogP contribution in [-0.4, -0.2) is 13.4 Å². The van der Waals surface area contributed by atoms with Crippen molar-refractivity contribution in [3.05, 3.63) is 28.9 Å². The van der Waals surface area contributed by atoms with Gasteiger partial charge in [-0.1, -0.05) is 15.9 Å². The van der Waals surface area contributed by atoms with Gasteiger partial charge in [0.2, 0.25) is 0 Å². The van der Waals surface area contributed by atoms with Crippen LogP contribution in [0.15, 0.2) is 33.8 Å². The highest BCUT2D eigenvalue weighted by atomic mass is 79.9. The number of H-pyrrole nitrogens is 1. The number of aromatic amines is 1. The summed E-state index contributed by atoms with van der Waals surface area (Å²) in [5.74, 6) is 0. The standard InChI is InChI=1S/C8H5BrClNO2S/c9-5-1-2-7-6(3-5)8(4-11-7)14(10,12)13/h1-4,11H. The molecule has 74 valence electrons. The topological polar surface area (TPSA) is 49.9 Å². The fourth-order valence-corrected chi connectivity index (χ4v) is 2.64. The van der Waals surface area contributed by atoms with Crippen LogP contribution in [0.4, 0.5) is 0 Å². The van der Waals surface area contributed by atoms with Crippen LogP contribution in [-0.2, 0) is 9.05 Å². The largest absolute Gasteiger partial charge is 0.360 e. The van der Waals surface area contributed by atoms with E-state index in [2.05, 4.69) is 20.9 Å². The Bertz CT molecular complexity index is 590. The van der Waals surface area contributed by atoms with Gasteiger partial charge in [-0.3, -0.25) is 0 Å². The molecule has 6 heteroatoms. The van der Waals surface area contributed by atoms with Gasteiger partial charge < -0.3 is 4.98 Å². The van der Waals surface area contributed by atoms with E-state index in [0.717, 1.165) is 9.99 Å². The SMILES string of the molecule is O=S(=O)(Cl)c1c[nH]c2ccc(Br)cc12. The van der Waals surface area contributed by atoms with Crippen molar-refractivity contribution in [1.29, 1.82) is 0 Å². The molecule has 0 fully saturated rings. The van der Waals surface area contributed by atoms with Crippen LogP contribution in [0.1, 0.15) is 0 Å². The first-order valence-electron chi connectivity index (χ1n) is 3.70. The van der Waals surface area contributed by atoms with Crippen molar-refractivity contribution in [3.8, 4) is 0 Å². The van der Waals surface area contributed by atoms with Crippen LogP contribution < -0.4 is 0 Å². The molecule has 0 aliphatic carbocycles. The Kier molecular flexibility index (Phi) is 2.33. The molecule has 0 saturated carbocycles. The Morgan fingerprint density at radius 1 is 1.36 bits per heavy atom. The van der Waals surface area contributed by atoms with E-state index in [0.29, 0.717) is 5.39 Å². The summed E-state index contributed by atoms with van der Waals surface area (Å²) in [4.78, 5) is 2.94. The summed E-state index contributed by atoms with van der Waals surface area (Å²) in [5, 5.41) is 0.592. The van der Waals surface area contributed by atoms with Crippen molar-refractivity contribution in [3.63, 3.8) is 0 Å². The second kappa shape index (κ2) is 3.25. The maximum absolute atomic E-state index is 11.1. The van der Waals surface area contributed by atoms with E-state index in [9.17, 15) is 8.42 Å². The minimum absolute atomic E-state index is 0.107. The zero-order chi connectivity index (χ0) is 10.3. The van der Waals surface area contributed by atoms with Gasteiger partial charge in [-0.2, -0.15) is 0 Å². The van der Waals surface area contributed by atoms with E-state index in [1.807, 2.05) is 6.07 Å². The van der Waals surface area contributed by atoms with Crippen molar-refractivity contribution in [2.75, 3.05) is 0 Å². The molecule has 14 heavy (non-hydrogen) atoms. The highest BCUT2D eigenvalue weighted by Gasteiger charge is 2.15. The third kappa shape index (κ3) is 1.67. The average molecular weight is 295 g/mol. The predicted molar refractivity (Wildman–Crippen MR) is 59.0 cm³/mol. The molecule has 0 atom stereocenters. The number of rotatable bonds is 1. The van der Waals surface area contributed by atoms with Gasteiger partial charge in [0.15, 0.2) is 0 Å². The monoisotopic (exact) mass is 293 g/mol. The summed E-state index contributed by atoms with van der Waals surface area (Å²) in [6, 6.07) is 5.32. The molecule has 0 bridgehead atoms. The van der Waals surface area contributed by atoms with Crippen LogP contribution in [0.25, 0.3) is 10.9 Å². The molecular formula is C8H5BrClNO2S. The van der Waals surface area contributed by atoms with Gasteiger partial charge in [0.25, 0.3) is 9.05 Å². The number of halogens is 2. The van der Waals surface area contributed by atoms with Crippen molar-refractivity contribution >= 4 is 46.6 Å². The fourth-order valence-electron chi connectivity index (χ4n) is 1.27. The Labute approximate surface area is 93.6 Å². The van der Waals surface area contributed by atoms with Gasteiger partial charge in [0.05, 0.1) is 0 Å². The van der Waals surface area contributed by atoms with Crippen molar-refractivity contribution in [1.82, 2.24) is 4.98 Å². The van der Waals surface area contributed by atoms with E-state index in [1.54, 1.807) is 12.1 Å². The highest BCUT2D eigenvalue weighted by molar-refractivity contribution is 9.10. The molecule has 0 radical (unpaired) electrons. The highest BCUT2D eigenvalue weighted by Crippen LogP contribution is 2.27. The molecule has 1 aromatic heterocycles. The fraction of sp³-hybridized carbons (Fsp3) is 0. The van der Waals surface area contributed by atoms with Crippen LogP contribution >= 0.6 is 26.6 Å². The summed E-state index contributed by atoms with van der Waals surface area (Å²) in [6.07, 6.45) is 1.39. The van der Waals surface area contributed by atoms with Gasteiger partial charge in [-0.25, -0.2) is 8.42 Å². The quantitative estimate of drug-likeness (QED) is 0.822. The minimum atomic E-state index is -3.68. The van der Waals surface area contributed by atoms with Crippen molar-refractivity contribution in [2.45, 2.75) is 4.90 Å². The summed E-state index contributed by atoms with van der Waals surface area (Å²) < 4.78 is 23.1. The maximum Gasteiger partial charge on any atom is 0.263 e. The number of fused-ring (bicyclic) bond motifs is 1. The Morgan fingerprint density at radius 3 is 2.71 bits per heavy atom. The van der Waals surface area contributed by atoms with E-state index >= 15 is 0 Å². The molecule has 0 saturated heterocycles. The van der Waals surface area contributed by atoms with Gasteiger partial charge in [0.1, 0.15) is 4.90 Å². The lowest BCUT2D eigenvalue weighted by molar-refractivity contribution is 0.610. The summed E-state index contributed by atoms with van der Waals surface area (Å²) in [5.41, 5.74) is 0.743. The normalized spacial score (nSPS) is 12.1. The van der Waals surface area contributed by atoms with Gasteiger partial charge in [-0.05, 0) is 18.2 Å². The third-order valence-electron chi connectivity index (χ3n) is 1.87. The van der Waals surface area contributed by atoms with Gasteiger partial charge in [0, 0.05) is 32.3 Å². The van der Waals surface area contributed by atoms with Crippen LogP contribution in [0.2, 0.25) is 0 Å². The van der Waals surface area contributed by atoms with E-state index in [1.165, 1.54) is 6.20 Å². The molecule has 2 rings (SSSR count). The molecule has 1 aromatic carbocycles. The van der Waals surface area contributed by atoms with Crippen LogP contribution in [0.5, 0.6) is 0 Å². The maximum atomic E-state index is 11.1. The number of hydrogen-bond donors (Lipinski definition) is 1. The number of aromatic nitrogens is 1. The first-order chi connectivity index (χ1) is 6.48. The van der Waals surface area contributed by atoms with Gasteiger partial charge >= 0.3 is 0 Å². The third-order valence-corrected chi connectivity index (χ3v) is 3.72. The van der Waals surface area contributed by atoms with E-state index in [4.69, 9.17) is 10.7 Å². The molecule has 0 unspecified atom stereocenters. The molecule has 2 aromatic rings. The second-order valence-electron chi connectivity index (χ2n) is 2.78. The molecule has 1 heterocycles. The first kappa shape index (κ1) is 10.0. The molecule has 3 nitrogen and oxygen atoms in total. The first-order valence-corrected chi connectivity index (χ1v) is 6.80. The zero-order valence-electron chi connectivity index (χ0n) is 6.79. The lowest BCUT2D eigenvalue weighted by Gasteiger charge is -1.94. The predicted octanol–water partition coefficient (Wildman–Crippen LogP) is 2.86. The van der Waals surface area contributed by atoms with Crippen molar-refractivity contribution in [2.24, 2.45) is 0 Å². The Hall–Kier alpha value is -0.520. The smallest absolute Gasteiger partial charge is 0.263 e. The molecule has 0 aliphatic rings. The van der Waals surface area contributed by atoms with Crippen molar-refractivity contribution < 1.29 is 8.42 Å². The number of benzene rings is 1. The lowest BCUT2D eigenvalue weighted by Crippen LogP contribution is -1.87. The lowest BCUT2D eigenvalue weighted by atomic mass is 10.2.